The van der Waals surface area contributed by atoms with Crippen molar-refractivity contribution < 1.29 is 9.53 Å². The SMILES string of the molecule is C=CC(=O)Nc1cc(Nc2cc(-c3c[nH]c4ccccc34)ncn2)c(OC)cc1N1CCN(c2ccccc2)CC1. The number of carbonyl (C=O) groups excluding carboxylic acids is 1. The van der Waals surface area contributed by atoms with Gasteiger partial charge < -0.3 is 30.2 Å². The standard InChI is InChI=1S/C32H31N7O2/c1-3-32(40)37-27-17-28(36-31-18-26(34-21-35-31)24-20-33-25-12-8-7-11-23(24)25)30(41-2)19-29(27)39-15-13-38(14-16-39)22-9-5-4-6-10-22/h3-12,17-21,33H,1,13-16H2,2H3,(H,37,40)(H,34,35,36). The summed E-state index contributed by atoms with van der Waals surface area (Å²) in [4.78, 5) is 29.3. The van der Waals surface area contributed by atoms with Crippen LogP contribution in [0.5, 0.6) is 5.75 Å². The van der Waals surface area contributed by atoms with Crippen LogP contribution >= 0.6 is 0 Å². The Morgan fingerprint density at radius 2 is 1.71 bits per heavy atom. The molecule has 1 aliphatic rings. The number of fused-ring (bicyclic) bond motifs is 1. The molecule has 0 spiro atoms. The zero-order valence-corrected chi connectivity index (χ0v) is 22.8. The number of hydrogen-bond acceptors (Lipinski definition) is 7. The minimum Gasteiger partial charge on any atom is -0.494 e. The Bertz CT molecular complexity index is 1690. The lowest BCUT2D eigenvalue weighted by molar-refractivity contribution is -0.111. The summed E-state index contributed by atoms with van der Waals surface area (Å²) in [6.07, 6.45) is 4.76. The molecule has 3 heterocycles. The van der Waals surface area contributed by atoms with E-state index >= 15 is 0 Å². The number of carbonyl (C=O) groups is 1. The van der Waals surface area contributed by atoms with E-state index < -0.39 is 0 Å². The number of benzene rings is 3. The van der Waals surface area contributed by atoms with Crippen LogP contribution in [0.3, 0.4) is 0 Å². The van der Waals surface area contributed by atoms with Crippen molar-refractivity contribution >= 4 is 45.4 Å². The van der Waals surface area contributed by atoms with Crippen molar-refractivity contribution in [1.82, 2.24) is 15.0 Å². The molecule has 2 aromatic heterocycles. The Morgan fingerprint density at radius 3 is 2.49 bits per heavy atom. The average molecular weight is 546 g/mol. The third-order valence-corrected chi connectivity index (χ3v) is 7.30. The number of aromatic nitrogens is 3. The van der Waals surface area contributed by atoms with Gasteiger partial charge in [-0.2, -0.15) is 0 Å². The molecule has 1 amide bonds. The minimum absolute atomic E-state index is 0.283. The summed E-state index contributed by atoms with van der Waals surface area (Å²) in [7, 11) is 1.64. The van der Waals surface area contributed by atoms with E-state index in [1.165, 1.54) is 18.1 Å². The Balaban J connectivity index is 1.29. The first-order valence-corrected chi connectivity index (χ1v) is 13.5. The number of nitrogens with zero attached hydrogens (tertiary/aromatic N) is 4. The maximum atomic E-state index is 12.4. The van der Waals surface area contributed by atoms with Crippen LogP contribution in [0, 0.1) is 0 Å². The number of para-hydroxylation sites is 2. The monoisotopic (exact) mass is 545 g/mol. The molecule has 0 bridgehead atoms. The molecule has 206 valence electrons. The average Bonchev–Trinajstić information content (AvgIpc) is 3.46. The molecular formula is C32H31N7O2. The second-order valence-corrected chi connectivity index (χ2v) is 9.73. The predicted octanol–water partition coefficient (Wildman–Crippen LogP) is 5.83. The van der Waals surface area contributed by atoms with E-state index in [-0.39, 0.29) is 5.91 Å². The molecule has 0 aliphatic carbocycles. The van der Waals surface area contributed by atoms with Crippen molar-refractivity contribution in [2.75, 3.05) is 53.7 Å². The maximum Gasteiger partial charge on any atom is 0.247 e. The van der Waals surface area contributed by atoms with E-state index in [9.17, 15) is 4.79 Å². The number of methoxy groups -OCH3 is 1. The van der Waals surface area contributed by atoms with Gasteiger partial charge in [-0.3, -0.25) is 4.79 Å². The van der Waals surface area contributed by atoms with E-state index in [4.69, 9.17) is 4.74 Å². The van der Waals surface area contributed by atoms with Gasteiger partial charge in [0.25, 0.3) is 0 Å². The van der Waals surface area contributed by atoms with Crippen LogP contribution in [-0.4, -0.2) is 54.1 Å². The summed E-state index contributed by atoms with van der Waals surface area (Å²) < 4.78 is 5.81. The largest absolute Gasteiger partial charge is 0.494 e. The highest BCUT2D eigenvalue weighted by Crippen LogP contribution is 2.39. The van der Waals surface area contributed by atoms with Crippen LogP contribution in [0.25, 0.3) is 22.2 Å². The summed E-state index contributed by atoms with van der Waals surface area (Å²) >= 11 is 0. The fourth-order valence-corrected chi connectivity index (χ4v) is 5.22. The molecule has 3 N–H and O–H groups in total. The lowest BCUT2D eigenvalue weighted by Crippen LogP contribution is -2.46. The molecule has 0 atom stereocenters. The molecule has 6 rings (SSSR count). The van der Waals surface area contributed by atoms with Gasteiger partial charge in [0, 0.05) is 66.7 Å². The van der Waals surface area contributed by atoms with Crippen molar-refractivity contribution in [3.63, 3.8) is 0 Å². The van der Waals surface area contributed by atoms with Crippen molar-refractivity contribution in [2.45, 2.75) is 0 Å². The van der Waals surface area contributed by atoms with Crippen molar-refractivity contribution in [2.24, 2.45) is 0 Å². The smallest absolute Gasteiger partial charge is 0.247 e. The highest BCUT2D eigenvalue weighted by atomic mass is 16.5. The number of nitrogens with one attached hydrogen (secondary N) is 3. The highest BCUT2D eigenvalue weighted by Gasteiger charge is 2.22. The Hall–Kier alpha value is -5.31. The number of piperazine rings is 1. The molecular weight excluding hydrogens is 514 g/mol. The van der Waals surface area contributed by atoms with E-state index in [1.807, 2.05) is 48.7 Å². The topological polar surface area (TPSA) is 98.4 Å². The normalized spacial score (nSPS) is 13.2. The van der Waals surface area contributed by atoms with Crippen LogP contribution in [0.1, 0.15) is 0 Å². The third kappa shape index (κ3) is 5.42. The predicted molar refractivity (Wildman–Crippen MR) is 165 cm³/mol. The van der Waals surface area contributed by atoms with Gasteiger partial charge in [0.05, 0.1) is 29.9 Å². The van der Waals surface area contributed by atoms with Crippen LogP contribution in [-0.2, 0) is 4.79 Å². The van der Waals surface area contributed by atoms with E-state index in [2.05, 4.69) is 72.3 Å². The van der Waals surface area contributed by atoms with Gasteiger partial charge in [-0.05, 0) is 30.3 Å². The fraction of sp³-hybridized carbons (Fsp3) is 0.156. The lowest BCUT2D eigenvalue weighted by atomic mass is 10.1. The van der Waals surface area contributed by atoms with Crippen LogP contribution in [0.4, 0.5) is 28.6 Å². The first-order valence-electron chi connectivity index (χ1n) is 13.5. The first-order chi connectivity index (χ1) is 20.1. The summed E-state index contributed by atoms with van der Waals surface area (Å²) in [5.41, 5.74) is 6.24. The molecule has 9 heteroatoms. The Morgan fingerprint density at radius 1 is 0.951 bits per heavy atom. The number of aromatic amines is 1. The van der Waals surface area contributed by atoms with Gasteiger partial charge in [-0.25, -0.2) is 9.97 Å². The fourth-order valence-electron chi connectivity index (χ4n) is 5.22. The maximum absolute atomic E-state index is 12.4. The molecule has 1 fully saturated rings. The molecule has 0 saturated carbocycles. The van der Waals surface area contributed by atoms with Gasteiger partial charge >= 0.3 is 0 Å². The third-order valence-electron chi connectivity index (χ3n) is 7.30. The van der Waals surface area contributed by atoms with Crippen LogP contribution in [0.2, 0.25) is 0 Å². The molecule has 3 aromatic carbocycles. The van der Waals surface area contributed by atoms with Gasteiger partial charge in [0.2, 0.25) is 5.91 Å². The number of rotatable bonds is 8. The quantitative estimate of drug-likeness (QED) is 0.211. The van der Waals surface area contributed by atoms with Crippen LogP contribution in [0.15, 0.2) is 98.0 Å². The van der Waals surface area contributed by atoms with E-state index in [0.717, 1.165) is 54.0 Å². The summed E-state index contributed by atoms with van der Waals surface area (Å²) in [5, 5.41) is 7.45. The lowest BCUT2D eigenvalue weighted by Gasteiger charge is -2.38. The van der Waals surface area contributed by atoms with Gasteiger partial charge in [0.1, 0.15) is 17.9 Å². The second kappa shape index (κ2) is 11.4. The molecule has 0 radical (unpaired) electrons. The highest BCUT2D eigenvalue weighted by molar-refractivity contribution is 6.02. The molecule has 9 nitrogen and oxygen atoms in total. The van der Waals surface area contributed by atoms with Gasteiger partial charge in [-0.1, -0.05) is 43.0 Å². The number of hydrogen-bond donors (Lipinski definition) is 3. The first kappa shape index (κ1) is 25.9. The molecule has 5 aromatic rings. The van der Waals surface area contributed by atoms with E-state index in [0.29, 0.717) is 22.9 Å². The van der Waals surface area contributed by atoms with Crippen molar-refractivity contribution in [3.05, 3.63) is 98.0 Å². The number of ether oxygens (including phenoxy) is 1. The number of H-pyrrole nitrogens is 1. The van der Waals surface area contributed by atoms with E-state index in [1.54, 1.807) is 7.11 Å². The van der Waals surface area contributed by atoms with Crippen molar-refractivity contribution in [3.8, 4) is 17.0 Å². The molecule has 1 saturated heterocycles. The van der Waals surface area contributed by atoms with Crippen molar-refractivity contribution in [1.29, 1.82) is 0 Å². The summed E-state index contributed by atoms with van der Waals surface area (Å²) in [5.74, 6) is 0.951. The summed E-state index contributed by atoms with van der Waals surface area (Å²) in [6.45, 7) is 6.94. The van der Waals surface area contributed by atoms with Gasteiger partial charge in [0.15, 0.2) is 0 Å². The number of anilines is 5. The minimum atomic E-state index is -0.283. The zero-order valence-electron chi connectivity index (χ0n) is 22.8. The van der Waals surface area contributed by atoms with Crippen LogP contribution < -0.4 is 25.2 Å². The second-order valence-electron chi connectivity index (χ2n) is 9.73. The Labute approximate surface area is 238 Å². The number of amides is 1. The molecule has 1 aliphatic heterocycles. The molecule has 41 heavy (non-hydrogen) atoms. The summed E-state index contributed by atoms with van der Waals surface area (Å²) in [6, 6.07) is 24.2. The van der Waals surface area contributed by atoms with Gasteiger partial charge in [-0.15, -0.1) is 0 Å². The molecule has 0 unspecified atom stereocenters. The zero-order chi connectivity index (χ0) is 28.2. The Kier molecular flexibility index (Phi) is 7.23.